The molecule has 2 aromatic heterocycles. The second-order valence-corrected chi connectivity index (χ2v) is 13.0. The molecular weight excluding hydrogens is 618 g/mol. The molecule has 0 bridgehead atoms. The second kappa shape index (κ2) is 9.92. The molecule has 39 heavy (non-hydrogen) atoms. The molecule has 4 aromatic carbocycles. The van der Waals surface area contributed by atoms with Gasteiger partial charge in [-0.2, -0.15) is 0 Å². The van der Waals surface area contributed by atoms with E-state index in [0.717, 1.165) is 30.8 Å². The van der Waals surface area contributed by atoms with Crippen LogP contribution in [0.25, 0.3) is 41.6 Å². The van der Waals surface area contributed by atoms with Gasteiger partial charge in [-0.3, -0.25) is 4.79 Å². The fourth-order valence-corrected chi connectivity index (χ4v) is 7.74. The van der Waals surface area contributed by atoms with Gasteiger partial charge in [0.1, 0.15) is 20.1 Å². The maximum absolute atomic E-state index is 12.5. The summed E-state index contributed by atoms with van der Waals surface area (Å²) in [5.41, 5.74) is 4.70. The van der Waals surface area contributed by atoms with Gasteiger partial charge in [-0.05, 0) is 85.3 Å². The van der Waals surface area contributed by atoms with Crippen LogP contribution in [-0.4, -0.2) is 28.8 Å². The van der Waals surface area contributed by atoms with Crippen molar-refractivity contribution in [3.63, 3.8) is 0 Å². The van der Waals surface area contributed by atoms with E-state index in [1.807, 2.05) is 54.6 Å². The normalized spacial score (nSPS) is 11.8. The number of halogens is 1. The van der Waals surface area contributed by atoms with Gasteiger partial charge in [-0.25, -0.2) is 18.4 Å². The van der Waals surface area contributed by atoms with Crippen LogP contribution in [0, 0.1) is 6.92 Å². The van der Waals surface area contributed by atoms with Crippen LogP contribution in [0.15, 0.2) is 88.2 Å². The molecule has 0 aliphatic carbocycles. The Labute approximate surface area is 240 Å². The van der Waals surface area contributed by atoms with Gasteiger partial charge >= 0.3 is 0 Å². The minimum Gasteiger partial charge on any atom is -0.744 e. The van der Waals surface area contributed by atoms with Gasteiger partial charge in [0.25, 0.3) is 5.91 Å². The number of rotatable bonds is 5. The molecular formula is C28H17BrN3O4S3-. The van der Waals surface area contributed by atoms with Crippen LogP contribution in [0.3, 0.4) is 0 Å². The predicted octanol–water partition coefficient (Wildman–Crippen LogP) is 7.47. The highest BCUT2D eigenvalue weighted by atomic mass is 79.9. The molecule has 11 heteroatoms. The monoisotopic (exact) mass is 634 g/mol. The number of aromatic nitrogens is 2. The first-order valence-corrected chi connectivity index (χ1v) is 15.4. The number of hydrogen-bond acceptors (Lipinski definition) is 8. The molecule has 0 aliphatic heterocycles. The summed E-state index contributed by atoms with van der Waals surface area (Å²) in [6.07, 6.45) is 0. The van der Waals surface area contributed by atoms with Crippen molar-refractivity contribution in [2.24, 2.45) is 0 Å². The molecule has 6 rings (SSSR count). The van der Waals surface area contributed by atoms with E-state index in [2.05, 4.69) is 26.2 Å². The Morgan fingerprint density at radius 3 is 2.21 bits per heavy atom. The summed E-state index contributed by atoms with van der Waals surface area (Å²) in [5.74, 6) is -0.187. The Morgan fingerprint density at radius 1 is 0.846 bits per heavy atom. The lowest BCUT2D eigenvalue weighted by molar-refractivity contribution is 0.102. The van der Waals surface area contributed by atoms with Crippen LogP contribution in [0.4, 0.5) is 5.69 Å². The lowest BCUT2D eigenvalue weighted by atomic mass is 10.2. The standard InChI is InChI=1S/C28H18BrN3O4S3/c1-15-2-12-22-24(25(15)39(34,35)36)38-28(32-22)18-7-13-21-23(14-18)37-27(31-21)17-5-10-20(11-6-17)30-26(33)16-3-8-19(29)9-4-16/h2-14H,1H3,(H,30,33)(H,34,35,36)/p-1. The largest absolute Gasteiger partial charge is 0.744 e. The summed E-state index contributed by atoms with van der Waals surface area (Å²) >= 11 is 6.08. The van der Waals surface area contributed by atoms with Gasteiger partial charge in [0.15, 0.2) is 0 Å². The minimum absolute atomic E-state index is 0.187. The average Bonchev–Trinajstić information content (AvgIpc) is 3.52. The third kappa shape index (κ3) is 5.11. The topological polar surface area (TPSA) is 112 Å². The van der Waals surface area contributed by atoms with Crippen molar-refractivity contribution >= 4 is 80.7 Å². The molecule has 0 atom stereocenters. The molecule has 1 N–H and O–H groups in total. The highest BCUT2D eigenvalue weighted by Gasteiger charge is 2.17. The molecule has 2 heterocycles. The molecule has 0 aliphatic rings. The van der Waals surface area contributed by atoms with Gasteiger partial charge in [0.2, 0.25) is 0 Å². The lowest BCUT2D eigenvalue weighted by Crippen LogP contribution is -2.11. The van der Waals surface area contributed by atoms with Crippen molar-refractivity contribution in [3.8, 4) is 21.1 Å². The summed E-state index contributed by atoms with van der Waals surface area (Å²) in [7, 11) is -4.63. The first-order chi connectivity index (χ1) is 18.7. The molecule has 0 fully saturated rings. The minimum atomic E-state index is -4.63. The molecule has 194 valence electrons. The van der Waals surface area contributed by atoms with E-state index in [1.165, 1.54) is 22.7 Å². The van der Waals surface area contributed by atoms with E-state index in [0.29, 0.717) is 32.0 Å². The number of benzene rings is 4. The van der Waals surface area contributed by atoms with E-state index in [4.69, 9.17) is 4.98 Å². The fourth-order valence-electron chi connectivity index (χ4n) is 4.18. The van der Waals surface area contributed by atoms with Crippen molar-refractivity contribution in [3.05, 3.63) is 94.5 Å². The lowest BCUT2D eigenvalue weighted by Gasteiger charge is -2.10. The number of anilines is 1. The van der Waals surface area contributed by atoms with Crippen molar-refractivity contribution in [2.45, 2.75) is 11.8 Å². The Bertz CT molecular complexity index is 2000. The third-order valence-corrected chi connectivity index (χ3v) is 9.98. The van der Waals surface area contributed by atoms with Crippen LogP contribution < -0.4 is 5.32 Å². The zero-order chi connectivity index (χ0) is 27.3. The summed E-state index contributed by atoms with van der Waals surface area (Å²) in [4.78, 5) is 21.6. The SMILES string of the molecule is Cc1ccc2nc(-c3ccc4nc(-c5ccc(NC(=O)c6ccc(Br)cc6)cc5)sc4c3)sc2c1S(=O)(=O)[O-]. The van der Waals surface area contributed by atoms with E-state index in [-0.39, 0.29) is 10.8 Å². The molecule has 6 aromatic rings. The molecule has 0 spiro atoms. The van der Waals surface area contributed by atoms with Crippen LogP contribution in [0.5, 0.6) is 0 Å². The van der Waals surface area contributed by atoms with Gasteiger partial charge in [-0.1, -0.05) is 22.0 Å². The van der Waals surface area contributed by atoms with Crippen molar-refractivity contribution in [1.82, 2.24) is 9.97 Å². The number of fused-ring (bicyclic) bond motifs is 2. The first-order valence-electron chi connectivity index (χ1n) is 11.6. The van der Waals surface area contributed by atoms with Crippen molar-refractivity contribution in [2.75, 3.05) is 5.32 Å². The van der Waals surface area contributed by atoms with E-state index < -0.39 is 10.1 Å². The van der Waals surface area contributed by atoms with E-state index in [1.54, 1.807) is 31.2 Å². The number of hydrogen-bond donors (Lipinski definition) is 1. The predicted molar refractivity (Wildman–Crippen MR) is 158 cm³/mol. The molecule has 0 saturated heterocycles. The number of carbonyl (C=O) groups is 1. The average molecular weight is 636 g/mol. The quantitative estimate of drug-likeness (QED) is 0.197. The summed E-state index contributed by atoms with van der Waals surface area (Å²) in [5, 5.41) is 4.36. The van der Waals surface area contributed by atoms with Crippen LogP contribution in [-0.2, 0) is 10.1 Å². The maximum atomic E-state index is 12.5. The molecule has 7 nitrogen and oxygen atoms in total. The number of amides is 1. The second-order valence-electron chi connectivity index (χ2n) is 8.77. The van der Waals surface area contributed by atoms with Crippen LogP contribution in [0.1, 0.15) is 15.9 Å². The third-order valence-electron chi connectivity index (χ3n) is 6.09. The Kier molecular flexibility index (Phi) is 6.56. The fraction of sp³-hybridized carbons (Fsp3) is 0.0357. The molecule has 1 amide bonds. The zero-order valence-electron chi connectivity index (χ0n) is 20.1. The smallest absolute Gasteiger partial charge is 0.255 e. The number of nitrogens with zero attached hydrogens (tertiary/aromatic N) is 2. The number of nitrogens with one attached hydrogen (secondary N) is 1. The number of carbonyl (C=O) groups excluding carboxylic acids is 1. The summed E-state index contributed by atoms with van der Waals surface area (Å²) < 4.78 is 37.8. The Balaban J connectivity index is 1.27. The molecule has 0 saturated carbocycles. The number of thiazole rings is 2. The van der Waals surface area contributed by atoms with Crippen molar-refractivity contribution < 1.29 is 17.8 Å². The Hall–Kier alpha value is -3.48. The van der Waals surface area contributed by atoms with E-state index in [9.17, 15) is 17.8 Å². The summed E-state index contributed by atoms with van der Waals surface area (Å²) in [6, 6.07) is 23.8. The van der Waals surface area contributed by atoms with Crippen LogP contribution >= 0.6 is 38.6 Å². The summed E-state index contributed by atoms with van der Waals surface area (Å²) in [6.45, 7) is 1.61. The maximum Gasteiger partial charge on any atom is 0.255 e. The molecule has 0 radical (unpaired) electrons. The molecule has 0 unspecified atom stereocenters. The highest BCUT2D eigenvalue weighted by molar-refractivity contribution is 9.10. The highest BCUT2D eigenvalue weighted by Crippen LogP contribution is 2.38. The van der Waals surface area contributed by atoms with E-state index >= 15 is 0 Å². The van der Waals surface area contributed by atoms with Crippen LogP contribution in [0.2, 0.25) is 0 Å². The van der Waals surface area contributed by atoms with Crippen molar-refractivity contribution in [1.29, 1.82) is 0 Å². The zero-order valence-corrected chi connectivity index (χ0v) is 24.2. The van der Waals surface area contributed by atoms with Gasteiger partial charge < -0.3 is 9.87 Å². The van der Waals surface area contributed by atoms with Gasteiger partial charge in [-0.15, -0.1) is 22.7 Å². The van der Waals surface area contributed by atoms with Gasteiger partial charge in [0, 0.05) is 26.9 Å². The Morgan fingerprint density at radius 2 is 1.49 bits per heavy atom. The number of aryl methyl sites for hydroxylation is 1. The first kappa shape index (κ1) is 25.8. The van der Waals surface area contributed by atoms with Gasteiger partial charge in [0.05, 0.1) is 25.3 Å².